The molecule has 124 valence electrons. The molecule has 3 heterocycles. The molecule has 0 atom stereocenters. The molecule has 0 N–H and O–H groups in total. The maximum absolute atomic E-state index is 12.3. The minimum atomic E-state index is 0.178. The first-order chi connectivity index (χ1) is 11.2. The fraction of sp³-hybridized carbons (Fsp3) is 0.562. The Morgan fingerprint density at radius 1 is 1.30 bits per heavy atom. The second-order valence-corrected chi connectivity index (χ2v) is 8.08. The van der Waals surface area contributed by atoms with Crippen molar-refractivity contribution in [3.63, 3.8) is 0 Å². The summed E-state index contributed by atoms with van der Waals surface area (Å²) in [5.74, 6) is 0.561. The number of fused-ring (bicyclic) bond motifs is 1. The van der Waals surface area contributed by atoms with E-state index in [1.165, 1.54) is 29.5 Å². The van der Waals surface area contributed by atoms with E-state index >= 15 is 0 Å². The van der Waals surface area contributed by atoms with Crippen molar-refractivity contribution in [2.24, 2.45) is 0 Å². The zero-order valence-corrected chi connectivity index (χ0v) is 15.6. The van der Waals surface area contributed by atoms with E-state index < -0.39 is 0 Å². The van der Waals surface area contributed by atoms with Gasteiger partial charge in [-0.15, -0.1) is 11.3 Å². The molecule has 2 aromatic heterocycles. The first-order valence-electron chi connectivity index (χ1n) is 8.04. The van der Waals surface area contributed by atoms with Crippen molar-refractivity contribution < 1.29 is 4.79 Å². The van der Waals surface area contributed by atoms with E-state index in [9.17, 15) is 4.79 Å². The summed E-state index contributed by atoms with van der Waals surface area (Å²) in [5, 5.41) is 1.99. The average Bonchev–Trinajstić information content (AvgIpc) is 2.78. The highest BCUT2D eigenvalue weighted by atomic mass is 35.5. The third-order valence-electron chi connectivity index (χ3n) is 4.01. The summed E-state index contributed by atoms with van der Waals surface area (Å²) in [6.07, 6.45) is 5.64. The van der Waals surface area contributed by atoms with Gasteiger partial charge in [-0.25, -0.2) is 9.97 Å². The molecule has 23 heavy (non-hydrogen) atoms. The van der Waals surface area contributed by atoms with E-state index in [0.29, 0.717) is 16.1 Å². The summed E-state index contributed by atoms with van der Waals surface area (Å²) in [6, 6.07) is 2.05. The summed E-state index contributed by atoms with van der Waals surface area (Å²) in [5.41, 5.74) is 0. The van der Waals surface area contributed by atoms with Crippen LogP contribution >= 0.6 is 34.7 Å². The van der Waals surface area contributed by atoms with Gasteiger partial charge in [-0.05, 0) is 25.3 Å². The van der Waals surface area contributed by atoms with Gasteiger partial charge in [-0.2, -0.15) is 0 Å². The lowest BCUT2D eigenvalue weighted by atomic mass is 10.2. The minimum Gasteiger partial charge on any atom is -0.342 e. The van der Waals surface area contributed by atoms with Gasteiger partial charge in [0.15, 0.2) is 5.16 Å². The van der Waals surface area contributed by atoms with Crippen LogP contribution in [0.25, 0.3) is 10.2 Å². The fourth-order valence-electron chi connectivity index (χ4n) is 2.69. The third-order valence-corrected chi connectivity index (χ3v) is 6.30. The lowest BCUT2D eigenvalue weighted by molar-refractivity contribution is -0.128. The smallest absolute Gasteiger partial charge is 0.233 e. The number of aromatic nitrogens is 2. The second-order valence-electron chi connectivity index (χ2n) is 5.67. The van der Waals surface area contributed by atoms with Gasteiger partial charge in [0.1, 0.15) is 9.98 Å². The van der Waals surface area contributed by atoms with Crippen molar-refractivity contribution in [3.05, 3.63) is 16.1 Å². The molecule has 3 rings (SSSR count). The molecule has 1 aliphatic heterocycles. The number of nitrogens with zero attached hydrogens (tertiary/aromatic N) is 3. The molecule has 0 saturated carbocycles. The molecular weight excluding hydrogens is 350 g/mol. The number of thiophene rings is 1. The van der Waals surface area contributed by atoms with Gasteiger partial charge in [-0.3, -0.25) is 4.79 Å². The number of carbonyl (C=O) groups excluding carboxylic acids is 1. The molecule has 4 nitrogen and oxygen atoms in total. The molecule has 2 aromatic rings. The summed E-state index contributed by atoms with van der Waals surface area (Å²) in [4.78, 5) is 25.4. The number of hydrogen-bond acceptors (Lipinski definition) is 5. The van der Waals surface area contributed by atoms with Crippen molar-refractivity contribution in [2.75, 3.05) is 18.8 Å². The molecule has 1 saturated heterocycles. The van der Waals surface area contributed by atoms with E-state index in [0.717, 1.165) is 42.6 Å². The zero-order chi connectivity index (χ0) is 16.2. The molecular formula is C16H20ClN3OS2. The van der Waals surface area contributed by atoms with Crippen LogP contribution in [0.3, 0.4) is 0 Å². The van der Waals surface area contributed by atoms with Crippen LogP contribution in [0.4, 0.5) is 0 Å². The molecule has 0 aliphatic carbocycles. The van der Waals surface area contributed by atoms with Crippen LogP contribution in [-0.4, -0.2) is 39.6 Å². The van der Waals surface area contributed by atoms with Crippen LogP contribution in [-0.2, 0) is 11.2 Å². The van der Waals surface area contributed by atoms with Crippen LogP contribution < -0.4 is 0 Å². The predicted octanol–water partition coefficient (Wildman–Crippen LogP) is 4.40. The normalized spacial score (nSPS) is 15.8. The second kappa shape index (κ2) is 7.81. The highest BCUT2D eigenvalue weighted by Crippen LogP contribution is 2.31. The summed E-state index contributed by atoms with van der Waals surface area (Å²) in [7, 11) is 0. The summed E-state index contributed by atoms with van der Waals surface area (Å²) in [6.45, 7) is 3.87. The Bertz CT molecular complexity index is 696. The number of aryl methyl sites for hydroxylation is 1. The average molecular weight is 370 g/mol. The van der Waals surface area contributed by atoms with E-state index in [1.54, 1.807) is 11.3 Å². The maximum atomic E-state index is 12.3. The van der Waals surface area contributed by atoms with Gasteiger partial charge in [0.05, 0.1) is 5.75 Å². The fourth-order valence-corrected chi connectivity index (χ4v) is 4.80. The van der Waals surface area contributed by atoms with E-state index in [4.69, 9.17) is 11.6 Å². The lowest BCUT2D eigenvalue weighted by Gasteiger charge is -2.19. The highest BCUT2D eigenvalue weighted by Gasteiger charge is 2.17. The quantitative estimate of drug-likeness (QED) is 0.455. The topological polar surface area (TPSA) is 46.1 Å². The molecule has 0 spiro atoms. The van der Waals surface area contributed by atoms with E-state index in [2.05, 4.69) is 23.0 Å². The van der Waals surface area contributed by atoms with Crippen LogP contribution in [0.2, 0.25) is 5.15 Å². The predicted molar refractivity (Wildman–Crippen MR) is 97.6 cm³/mol. The Morgan fingerprint density at radius 2 is 2.04 bits per heavy atom. The molecule has 0 aromatic carbocycles. The number of likely N-dealkylation sites (tertiary alicyclic amines) is 1. The Hall–Kier alpha value is -0.850. The Kier molecular flexibility index (Phi) is 5.77. The standard InChI is InChI=1S/C16H20ClN3OS2/c1-2-11-9-12-14(17)18-16(19-15(12)23-11)22-10-13(21)20-7-5-3-4-6-8-20/h9H,2-8,10H2,1H3. The number of thioether (sulfide) groups is 1. The Morgan fingerprint density at radius 3 is 2.74 bits per heavy atom. The van der Waals surface area contributed by atoms with Gasteiger partial charge in [-0.1, -0.05) is 43.1 Å². The summed E-state index contributed by atoms with van der Waals surface area (Å²) < 4.78 is 0. The Balaban J connectivity index is 1.67. The molecule has 0 radical (unpaired) electrons. The van der Waals surface area contributed by atoms with Crippen LogP contribution in [0, 0.1) is 0 Å². The largest absolute Gasteiger partial charge is 0.342 e. The third kappa shape index (κ3) is 4.17. The molecule has 1 aliphatic rings. The monoisotopic (exact) mass is 369 g/mol. The molecule has 0 bridgehead atoms. The van der Waals surface area contributed by atoms with E-state index in [-0.39, 0.29) is 5.91 Å². The van der Waals surface area contributed by atoms with Crippen molar-refractivity contribution in [3.8, 4) is 0 Å². The maximum Gasteiger partial charge on any atom is 0.233 e. The van der Waals surface area contributed by atoms with Crippen LogP contribution in [0.5, 0.6) is 0 Å². The SMILES string of the molecule is CCc1cc2c(Cl)nc(SCC(=O)N3CCCCCC3)nc2s1. The van der Waals surface area contributed by atoms with Gasteiger partial charge >= 0.3 is 0 Å². The molecule has 1 amide bonds. The first kappa shape index (κ1) is 17.0. The number of halogens is 1. The van der Waals surface area contributed by atoms with Crippen molar-refractivity contribution in [2.45, 2.75) is 44.2 Å². The van der Waals surface area contributed by atoms with Crippen molar-refractivity contribution in [1.82, 2.24) is 14.9 Å². The highest BCUT2D eigenvalue weighted by molar-refractivity contribution is 7.99. The van der Waals surface area contributed by atoms with Gasteiger partial charge in [0.2, 0.25) is 5.91 Å². The van der Waals surface area contributed by atoms with Crippen LogP contribution in [0.1, 0.15) is 37.5 Å². The van der Waals surface area contributed by atoms with Crippen LogP contribution in [0.15, 0.2) is 11.2 Å². The van der Waals surface area contributed by atoms with Crippen molar-refractivity contribution >= 4 is 50.8 Å². The van der Waals surface area contributed by atoms with Gasteiger partial charge in [0, 0.05) is 23.4 Å². The molecule has 1 fully saturated rings. The summed E-state index contributed by atoms with van der Waals surface area (Å²) >= 11 is 9.30. The minimum absolute atomic E-state index is 0.178. The number of hydrogen-bond donors (Lipinski definition) is 0. The molecule has 0 unspecified atom stereocenters. The van der Waals surface area contributed by atoms with Gasteiger partial charge in [0.25, 0.3) is 0 Å². The van der Waals surface area contributed by atoms with Gasteiger partial charge < -0.3 is 4.90 Å². The van der Waals surface area contributed by atoms with E-state index in [1.807, 2.05) is 4.90 Å². The number of carbonyl (C=O) groups is 1. The zero-order valence-electron chi connectivity index (χ0n) is 13.2. The van der Waals surface area contributed by atoms with Crippen molar-refractivity contribution in [1.29, 1.82) is 0 Å². The number of amides is 1. The lowest BCUT2D eigenvalue weighted by Crippen LogP contribution is -2.33. The first-order valence-corrected chi connectivity index (χ1v) is 10.2. The molecule has 7 heteroatoms. The number of rotatable bonds is 4. The Labute approximate surface area is 149 Å².